The Morgan fingerprint density at radius 2 is 2.06 bits per heavy atom. The van der Waals surface area contributed by atoms with Gasteiger partial charge in [0.2, 0.25) is 17.7 Å². The average molecular weight is 496 g/mol. The second-order valence-electron chi connectivity index (χ2n) is 10.4. The Morgan fingerprint density at radius 3 is 2.72 bits per heavy atom. The number of hydrogen-bond acceptors (Lipinski definition) is 5. The van der Waals surface area contributed by atoms with E-state index in [4.69, 9.17) is 10.5 Å². The minimum Gasteiger partial charge on any atom is -0.496 e. The molecule has 0 radical (unpaired) electrons. The zero-order chi connectivity index (χ0) is 25.4. The molecule has 4 amide bonds. The number of carbonyl (C=O) groups excluding carboxylic acids is 4. The maximum atomic E-state index is 13.7. The summed E-state index contributed by atoms with van der Waals surface area (Å²) in [7, 11) is 1.58. The van der Waals surface area contributed by atoms with Gasteiger partial charge in [0.05, 0.1) is 7.11 Å². The number of H-pyrrole nitrogens is 1. The van der Waals surface area contributed by atoms with E-state index >= 15 is 0 Å². The van der Waals surface area contributed by atoms with Crippen molar-refractivity contribution in [1.29, 1.82) is 0 Å². The summed E-state index contributed by atoms with van der Waals surface area (Å²) in [6, 6.07) is 5.62. The lowest BCUT2D eigenvalue weighted by atomic mass is 9.84. The summed E-state index contributed by atoms with van der Waals surface area (Å²) < 4.78 is 5.43. The standard InChI is InChI=1S/C26H33N5O5/c1-36-21-6-4-5-17-16(21)12-19(29-17)25(35)31-14-26(8-2-3-9-26)13-20(31)24(34)30-18(22(27)32)11-15-7-10-28-23(15)33/h4-6,12,15,18,20,29H,2-3,7-11,13-14H2,1H3,(H2,27,32)(H,28,33)(H,30,34)/t15-,18-,20-/m0/s1. The lowest BCUT2D eigenvalue weighted by Gasteiger charge is -2.26. The summed E-state index contributed by atoms with van der Waals surface area (Å²) in [6.07, 6.45) is 5.36. The fourth-order valence-corrected chi connectivity index (χ4v) is 6.24. The highest BCUT2D eigenvalue weighted by molar-refractivity contribution is 6.02. The van der Waals surface area contributed by atoms with E-state index in [1.54, 1.807) is 18.1 Å². The third kappa shape index (κ3) is 4.40. The number of ether oxygens (including phenoxy) is 1. The van der Waals surface area contributed by atoms with Crippen molar-refractivity contribution in [3.05, 3.63) is 30.0 Å². The number of nitrogens with zero attached hydrogens (tertiary/aromatic N) is 1. The van der Waals surface area contributed by atoms with Gasteiger partial charge in [-0.1, -0.05) is 18.9 Å². The van der Waals surface area contributed by atoms with Crippen LogP contribution in [-0.4, -0.2) is 65.8 Å². The molecule has 2 saturated heterocycles. The van der Waals surface area contributed by atoms with Gasteiger partial charge in [-0.15, -0.1) is 0 Å². The number of aromatic amines is 1. The fourth-order valence-electron chi connectivity index (χ4n) is 6.24. The monoisotopic (exact) mass is 495 g/mol. The number of methoxy groups -OCH3 is 1. The van der Waals surface area contributed by atoms with Gasteiger partial charge in [0.25, 0.3) is 5.91 Å². The predicted molar refractivity (Wildman–Crippen MR) is 132 cm³/mol. The molecule has 3 atom stereocenters. The van der Waals surface area contributed by atoms with Crippen molar-refractivity contribution < 1.29 is 23.9 Å². The lowest BCUT2D eigenvalue weighted by Crippen LogP contribution is -2.53. The van der Waals surface area contributed by atoms with Gasteiger partial charge in [-0.3, -0.25) is 19.2 Å². The van der Waals surface area contributed by atoms with Gasteiger partial charge in [-0.05, 0) is 55.7 Å². The molecule has 2 aromatic rings. The molecular weight excluding hydrogens is 462 g/mol. The number of amides is 4. The maximum Gasteiger partial charge on any atom is 0.271 e. The van der Waals surface area contributed by atoms with Crippen LogP contribution in [-0.2, 0) is 14.4 Å². The number of rotatable bonds is 7. The number of nitrogens with two attached hydrogens (primary N) is 1. The Hall–Kier alpha value is -3.56. The molecule has 3 heterocycles. The van der Waals surface area contributed by atoms with Gasteiger partial charge in [0.15, 0.2) is 0 Å². The van der Waals surface area contributed by atoms with Crippen LogP contribution in [0.2, 0.25) is 0 Å². The highest BCUT2D eigenvalue weighted by Gasteiger charge is 2.50. The van der Waals surface area contributed by atoms with E-state index in [1.165, 1.54) is 0 Å². The van der Waals surface area contributed by atoms with E-state index in [9.17, 15) is 19.2 Å². The van der Waals surface area contributed by atoms with Gasteiger partial charge in [-0.2, -0.15) is 0 Å². The molecule has 1 saturated carbocycles. The molecule has 0 bridgehead atoms. The van der Waals surface area contributed by atoms with Crippen LogP contribution in [0.4, 0.5) is 0 Å². The van der Waals surface area contributed by atoms with Crippen molar-refractivity contribution >= 4 is 34.5 Å². The van der Waals surface area contributed by atoms with E-state index in [0.717, 1.165) is 36.6 Å². The first-order chi connectivity index (χ1) is 17.3. The van der Waals surface area contributed by atoms with Crippen molar-refractivity contribution in [2.45, 2.75) is 57.0 Å². The quantitative estimate of drug-likeness (QED) is 0.459. The van der Waals surface area contributed by atoms with Gasteiger partial charge in [0, 0.05) is 29.9 Å². The molecule has 1 aliphatic carbocycles. The number of fused-ring (bicyclic) bond motifs is 1. The predicted octanol–water partition coefficient (Wildman–Crippen LogP) is 1.45. The summed E-state index contributed by atoms with van der Waals surface area (Å²) in [5.41, 5.74) is 6.65. The van der Waals surface area contributed by atoms with Crippen LogP contribution in [0.5, 0.6) is 5.75 Å². The first-order valence-corrected chi connectivity index (χ1v) is 12.6. The minimum atomic E-state index is -0.972. The van der Waals surface area contributed by atoms with Crippen LogP contribution in [0.25, 0.3) is 10.9 Å². The van der Waals surface area contributed by atoms with E-state index in [-0.39, 0.29) is 29.6 Å². The van der Waals surface area contributed by atoms with Crippen molar-refractivity contribution in [2.24, 2.45) is 17.1 Å². The molecule has 5 N–H and O–H groups in total. The molecule has 5 rings (SSSR count). The van der Waals surface area contributed by atoms with Crippen LogP contribution in [0.3, 0.4) is 0 Å². The van der Waals surface area contributed by atoms with Crippen LogP contribution in [0.1, 0.15) is 55.4 Å². The van der Waals surface area contributed by atoms with Gasteiger partial charge in [0.1, 0.15) is 23.5 Å². The summed E-state index contributed by atoms with van der Waals surface area (Å²) >= 11 is 0. The third-order valence-electron chi connectivity index (χ3n) is 8.15. The Balaban J connectivity index is 1.39. The third-order valence-corrected chi connectivity index (χ3v) is 8.15. The number of carbonyl (C=O) groups is 4. The first-order valence-electron chi connectivity index (χ1n) is 12.6. The Labute approximate surface area is 209 Å². The summed E-state index contributed by atoms with van der Waals surface area (Å²) in [5.74, 6) is -1.19. The number of hydrogen-bond donors (Lipinski definition) is 4. The van der Waals surface area contributed by atoms with Crippen LogP contribution < -0.4 is 21.1 Å². The average Bonchev–Trinajstić information content (AvgIpc) is 3.65. The van der Waals surface area contributed by atoms with Crippen molar-refractivity contribution in [3.63, 3.8) is 0 Å². The normalized spacial score (nSPS) is 23.7. The molecule has 1 spiro atoms. The molecule has 1 aromatic heterocycles. The maximum absolute atomic E-state index is 13.7. The topological polar surface area (TPSA) is 147 Å². The van der Waals surface area contributed by atoms with Crippen molar-refractivity contribution in [3.8, 4) is 5.75 Å². The molecular formula is C26H33N5O5. The number of likely N-dealkylation sites (tertiary alicyclic amines) is 1. The highest BCUT2D eigenvalue weighted by Crippen LogP contribution is 2.48. The smallest absolute Gasteiger partial charge is 0.271 e. The Morgan fingerprint density at radius 1 is 1.28 bits per heavy atom. The van der Waals surface area contributed by atoms with E-state index in [2.05, 4.69) is 15.6 Å². The molecule has 1 aromatic carbocycles. The van der Waals surface area contributed by atoms with Gasteiger partial charge < -0.3 is 31.0 Å². The SMILES string of the molecule is COc1cccc2[nH]c(C(=O)N3CC4(CCCC4)C[C@H]3C(=O)N[C@@H](C[C@@H]3CCNC3=O)C(N)=O)cc12. The molecule has 36 heavy (non-hydrogen) atoms. The van der Waals surface area contributed by atoms with E-state index in [0.29, 0.717) is 37.4 Å². The second-order valence-corrected chi connectivity index (χ2v) is 10.4. The molecule has 10 nitrogen and oxygen atoms in total. The molecule has 0 unspecified atom stereocenters. The fraction of sp³-hybridized carbons (Fsp3) is 0.538. The van der Waals surface area contributed by atoms with Gasteiger partial charge >= 0.3 is 0 Å². The molecule has 10 heteroatoms. The number of nitrogens with one attached hydrogen (secondary N) is 3. The number of primary amides is 1. The van der Waals surface area contributed by atoms with Crippen molar-refractivity contribution in [1.82, 2.24) is 20.5 Å². The van der Waals surface area contributed by atoms with Gasteiger partial charge in [-0.25, -0.2) is 0 Å². The molecule has 2 aliphatic heterocycles. The zero-order valence-corrected chi connectivity index (χ0v) is 20.5. The Bertz CT molecular complexity index is 1200. The Kier molecular flexibility index (Phi) is 6.36. The summed E-state index contributed by atoms with van der Waals surface area (Å²) in [6.45, 7) is 1.04. The number of aromatic nitrogens is 1. The molecule has 3 fully saturated rings. The van der Waals surface area contributed by atoms with Crippen LogP contribution in [0.15, 0.2) is 24.3 Å². The summed E-state index contributed by atoms with van der Waals surface area (Å²) in [4.78, 5) is 56.3. The van der Waals surface area contributed by atoms with Crippen LogP contribution >= 0.6 is 0 Å². The molecule has 3 aliphatic rings. The minimum absolute atomic E-state index is 0.102. The van der Waals surface area contributed by atoms with Crippen molar-refractivity contribution in [2.75, 3.05) is 20.2 Å². The largest absolute Gasteiger partial charge is 0.496 e. The highest BCUT2D eigenvalue weighted by atomic mass is 16.5. The van der Waals surface area contributed by atoms with Crippen LogP contribution in [0, 0.1) is 11.3 Å². The van der Waals surface area contributed by atoms with E-state index < -0.39 is 23.9 Å². The van der Waals surface area contributed by atoms with E-state index in [1.807, 2.05) is 18.2 Å². The lowest BCUT2D eigenvalue weighted by molar-refractivity contribution is -0.131. The zero-order valence-electron chi connectivity index (χ0n) is 20.5. The molecule has 192 valence electrons. The first kappa shape index (κ1) is 24.1. The number of benzene rings is 1. The summed E-state index contributed by atoms with van der Waals surface area (Å²) in [5, 5.41) is 6.32. The second kappa shape index (κ2) is 9.48.